The van der Waals surface area contributed by atoms with Gasteiger partial charge < -0.3 is 28.9 Å². The Morgan fingerprint density at radius 2 is 0.743 bits per heavy atom. The summed E-state index contributed by atoms with van der Waals surface area (Å²) in [6.45, 7) is 12.4. The highest BCUT2D eigenvalue weighted by Crippen LogP contribution is 2.37. The summed E-state index contributed by atoms with van der Waals surface area (Å²) < 4.78 is 92.8. The van der Waals surface area contributed by atoms with Crippen LogP contribution in [0.3, 0.4) is 0 Å². The van der Waals surface area contributed by atoms with Crippen LogP contribution in [-0.2, 0) is 22.4 Å². The van der Waals surface area contributed by atoms with E-state index in [0.717, 1.165) is 91.7 Å². The van der Waals surface area contributed by atoms with Gasteiger partial charge >= 0.3 is 30.9 Å². The van der Waals surface area contributed by atoms with Crippen LogP contribution in [0.25, 0.3) is 11.4 Å². The Labute approximate surface area is 413 Å². The molecule has 2 aromatic heterocycles. The summed E-state index contributed by atoms with van der Waals surface area (Å²) in [5.41, 5.74) is 4.26. The molecular weight excluding hydrogens is 981 g/mol. The zero-order valence-electron chi connectivity index (χ0n) is 38.1. The normalized spacial score (nSPS) is 16.9. The van der Waals surface area contributed by atoms with Gasteiger partial charge in [-0.05, 0) is 118 Å². The molecule has 0 unspecified atom stereocenters. The summed E-state index contributed by atoms with van der Waals surface area (Å²) >= 11 is 3.45. The minimum absolute atomic E-state index is 0. The number of hydrogen-bond acceptors (Lipinski definition) is 8. The van der Waals surface area contributed by atoms with E-state index in [4.69, 9.17) is 9.31 Å². The van der Waals surface area contributed by atoms with E-state index >= 15 is 0 Å². The number of aromatic nitrogens is 4. The molecule has 9 rings (SSSR count). The average Bonchev–Trinajstić information content (AvgIpc) is 3.92. The van der Waals surface area contributed by atoms with Crippen molar-refractivity contribution >= 4 is 51.3 Å². The van der Waals surface area contributed by atoms with Crippen molar-refractivity contribution in [1.82, 2.24) is 18.3 Å². The Morgan fingerprint density at radius 1 is 0.471 bits per heavy atom. The molecule has 70 heavy (non-hydrogen) atoms. The maximum atomic E-state index is 12.7. The molecule has 0 saturated carbocycles. The lowest BCUT2D eigenvalue weighted by Crippen LogP contribution is -2.46. The fourth-order valence-corrected chi connectivity index (χ4v) is 8.68. The molecular formula is C50H60BBrF6N8O4. The van der Waals surface area contributed by atoms with Gasteiger partial charge in [0.15, 0.2) is 0 Å². The second kappa shape index (κ2) is 21.2. The van der Waals surface area contributed by atoms with Gasteiger partial charge in [-0.15, -0.1) is 0 Å². The fourth-order valence-electron chi connectivity index (χ4n) is 8.41. The summed E-state index contributed by atoms with van der Waals surface area (Å²) in [6, 6.07) is 31.2. The Kier molecular flexibility index (Phi) is 16.2. The molecule has 376 valence electrons. The van der Waals surface area contributed by atoms with E-state index < -0.39 is 36.8 Å². The van der Waals surface area contributed by atoms with Gasteiger partial charge in [-0.25, -0.2) is 9.59 Å². The minimum atomic E-state index is -4.45. The van der Waals surface area contributed by atoms with Crippen molar-refractivity contribution in [3.8, 4) is 11.4 Å². The molecule has 0 bridgehead atoms. The van der Waals surface area contributed by atoms with Gasteiger partial charge in [0.25, 0.3) is 0 Å². The molecule has 4 aromatic carbocycles. The average molecular weight is 1040 g/mol. The van der Waals surface area contributed by atoms with Gasteiger partial charge in [0, 0.05) is 104 Å². The molecule has 0 N–H and O–H groups in total. The van der Waals surface area contributed by atoms with Gasteiger partial charge in [-0.2, -0.15) is 26.3 Å². The Bertz CT molecular complexity index is 2740. The van der Waals surface area contributed by atoms with Gasteiger partial charge in [-0.1, -0.05) is 42.9 Å². The number of hydrogen-bond donors (Lipinski definition) is 0. The molecule has 3 aliphatic rings. The Hall–Kier alpha value is -5.86. The highest BCUT2D eigenvalue weighted by atomic mass is 79.9. The maximum Gasteiger partial charge on any atom is 0.494 e. The number of nitrogens with zero attached hydrogens (tertiary/aromatic N) is 8. The molecule has 5 heterocycles. The van der Waals surface area contributed by atoms with Crippen LogP contribution in [0.4, 0.5) is 49.1 Å². The van der Waals surface area contributed by atoms with Crippen LogP contribution in [0.2, 0.25) is 0 Å². The summed E-state index contributed by atoms with van der Waals surface area (Å²) in [7, 11) is -0.382. The van der Waals surface area contributed by atoms with E-state index in [9.17, 15) is 35.9 Å². The zero-order chi connectivity index (χ0) is 48.6. The summed E-state index contributed by atoms with van der Waals surface area (Å²) in [5, 5.41) is 0. The number of anilines is 4. The molecule has 0 aliphatic carbocycles. The lowest BCUT2D eigenvalue weighted by atomic mass is 9.79. The Balaban J connectivity index is 0.000000229. The predicted octanol–water partition coefficient (Wildman–Crippen LogP) is 9.39. The van der Waals surface area contributed by atoms with Crippen molar-refractivity contribution in [2.24, 2.45) is 0 Å². The van der Waals surface area contributed by atoms with Gasteiger partial charge in [0.1, 0.15) is 13.1 Å². The van der Waals surface area contributed by atoms with Crippen molar-refractivity contribution in [3.05, 3.63) is 147 Å². The second-order valence-electron chi connectivity index (χ2n) is 18.0. The van der Waals surface area contributed by atoms with Crippen LogP contribution >= 0.6 is 15.9 Å². The van der Waals surface area contributed by atoms with Crippen LogP contribution in [0, 0.1) is 0 Å². The van der Waals surface area contributed by atoms with Crippen LogP contribution < -0.4 is 36.4 Å². The molecule has 3 saturated heterocycles. The van der Waals surface area contributed by atoms with Crippen LogP contribution in [0.1, 0.15) is 42.5 Å². The molecule has 0 spiro atoms. The molecule has 6 aromatic rings. The first-order valence-electron chi connectivity index (χ1n) is 22.2. The number of alkyl halides is 6. The molecule has 0 amide bonds. The van der Waals surface area contributed by atoms with Crippen molar-refractivity contribution in [2.75, 3.05) is 72.0 Å². The first-order chi connectivity index (χ1) is 32.1. The number of halogens is 7. The number of piperazine rings is 2. The third-order valence-electron chi connectivity index (χ3n) is 12.9. The second-order valence-corrected chi connectivity index (χ2v) is 18.9. The quantitative estimate of drug-likeness (QED) is 0.105. The molecule has 0 atom stereocenters. The smallest absolute Gasteiger partial charge is 0.399 e. The van der Waals surface area contributed by atoms with Crippen LogP contribution in [0.5, 0.6) is 0 Å². The van der Waals surface area contributed by atoms with E-state index in [-0.39, 0.29) is 33.2 Å². The number of rotatable bonds is 9. The number of imidazole rings is 2. The molecule has 0 radical (unpaired) electrons. The van der Waals surface area contributed by atoms with Crippen molar-refractivity contribution in [1.29, 1.82) is 0 Å². The standard InChI is InChI=1S/C27H32BF3N4O3.C21H20BrF3N4O.2CH4/c1-25(2)26(3,4)38-28(37-25)20-5-7-21(8-6-20)32-13-15-33(16-14-32)22-9-11-23(12-10-22)35-18-17-34(24(35)36)19-27(29,30)31;22-16-1-3-17(4-2-16)26-9-11-27(12-10-26)18-5-7-19(8-6-18)29-14-13-28(20(29)30)15-21(23,24)25;;/h5-12,17-18H,13-16,19H2,1-4H3;1-8,13-14H,9-12,15H2;2*1H4. The first-order valence-corrected chi connectivity index (χ1v) is 23.0. The van der Waals surface area contributed by atoms with Crippen molar-refractivity contribution in [2.45, 2.75) is 79.2 Å². The van der Waals surface area contributed by atoms with Crippen molar-refractivity contribution in [3.63, 3.8) is 0 Å². The van der Waals surface area contributed by atoms with E-state index in [0.29, 0.717) is 20.5 Å². The van der Waals surface area contributed by atoms with E-state index in [1.807, 2.05) is 64.1 Å². The summed E-state index contributed by atoms with van der Waals surface area (Å²) in [6.07, 6.45) is -3.84. The van der Waals surface area contributed by atoms with Gasteiger partial charge in [0.2, 0.25) is 0 Å². The lowest BCUT2D eigenvalue weighted by Gasteiger charge is -2.37. The first kappa shape index (κ1) is 53.5. The molecule has 3 fully saturated rings. The minimum Gasteiger partial charge on any atom is -0.399 e. The monoisotopic (exact) mass is 1040 g/mol. The summed E-state index contributed by atoms with van der Waals surface area (Å²) in [4.78, 5) is 33.8. The van der Waals surface area contributed by atoms with Gasteiger partial charge in [0.05, 0.1) is 22.6 Å². The number of benzene rings is 4. The topological polar surface area (TPSA) is 85.3 Å². The van der Waals surface area contributed by atoms with E-state index in [1.54, 1.807) is 24.3 Å². The summed E-state index contributed by atoms with van der Waals surface area (Å²) in [5.74, 6) is 0. The third-order valence-corrected chi connectivity index (χ3v) is 13.4. The fraction of sp³-hybridized carbons (Fsp3) is 0.400. The predicted molar refractivity (Wildman–Crippen MR) is 271 cm³/mol. The molecule has 12 nitrogen and oxygen atoms in total. The van der Waals surface area contributed by atoms with Crippen LogP contribution in [0.15, 0.2) is 136 Å². The Morgan fingerprint density at radius 3 is 1.04 bits per heavy atom. The highest BCUT2D eigenvalue weighted by Gasteiger charge is 2.51. The largest absolute Gasteiger partial charge is 0.494 e. The van der Waals surface area contributed by atoms with Crippen molar-refractivity contribution < 1.29 is 35.7 Å². The highest BCUT2D eigenvalue weighted by molar-refractivity contribution is 9.10. The molecule has 20 heteroatoms. The van der Waals surface area contributed by atoms with E-state index in [2.05, 4.69) is 71.9 Å². The SMILES string of the molecule is C.C.CC1(C)OB(c2ccc(N3CCN(c4ccc(-n5ccn(CC(F)(F)F)c5=O)cc4)CC3)cc2)OC1(C)C.O=c1n(CC(F)(F)F)ccn1-c1ccc(N2CCN(c3ccc(Br)cc3)CC2)cc1. The van der Waals surface area contributed by atoms with Crippen LogP contribution in [-0.4, -0.2) is 101 Å². The maximum absolute atomic E-state index is 12.7. The van der Waals surface area contributed by atoms with E-state index in [1.165, 1.54) is 27.2 Å². The third kappa shape index (κ3) is 12.4. The zero-order valence-corrected chi connectivity index (χ0v) is 39.6. The lowest BCUT2D eigenvalue weighted by molar-refractivity contribution is -0.142. The molecule has 3 aliphatic heterocycles. The van der Waals surface area contributed by atoms with Gasteiger partial charge in [-0.3, -0.25) is 18.3 Å².